The van der Waals surface area contributed by atoms with Gasteiger partial charge in [0.2, 0.25) is 0 Å². The highest BCUT2D eigenvalue weighted by atomic mass is 16.4. The first-order chi connectivity index (χ1) is 9.95. The molecule has 0 unspecified atom stereocenters. The van der Waals surface area contributed by atoms with Crippen LogP contribution in [0.4, 0.5) is 16.2 Å². The van der Waals surface area contributed by atoms with Gasteiger partial charge in [-0.25, -0.2) is 9.59 Å². The van der Waals surface area contributed by atoms with E-state index in [2.05, 4.69) is 10.6 Å². The van der Waals surface area contributed by atoms with Crippen molar-refractivity contribution in [1.29, 1.82) is 0 Å². The number of carboxylic acids is 1. The largest absolute Gasteiger partial charge is 0.478 e. The van der Waals surface area contributed by atoms with E-state index in [9.17, 15) is 9.59 Å². The molecule has 0 aliphatic carbocycles. The highest BCUT2D eigenvalue weighted by Crippen LogP contribution is 2.17. The van der Waals surface area contributed by atoms with Gasteiger partial charge in [0.1, 0.15) is 0 Å². The lowest BCUT2D eigenvalue weighted by molar-refractivity contribution is 0.0697. The normalized spacial score (nSPS) is 10.0. The van der Waals surface area contributed by atoms with E-state index < -0.39 is 5.97 Å². The van der Waals surface area contributed by atoms with E-state index in [0.29, 0.717) is 5.69 Å². The van der Waals surface area contributed by atoms with Crippen molar-refractivity contribution in [3.8, 4) is 0 Å². The molecule has 0 aliphatic heterocycles. The molecule has 0 aromatic heterocycles. The second-order valence-corrected chi connectivity index (χ2v) is 4.78. The van der Waals surface area contributed by atoms with Crippen molar-refractivity contribution in [3.05, 3.63) is 59.2 Å². The summed E-state index contributed by atoms with van der Waals surface area (Å²) < 4.78 is 0. The van der Waals surface area contributed by atoms with E-state index >= 15 is 0 Å². The van der Waals surface area contributed by atoms with Gasteiger partial charge in [-0.3, -0.25) is 0 Å². The molecular weight excluding hydrogens is 268 g/mol. The summed E-state index contributed by atoms with van der Waals surface area (Å²) in [6.45, 7) is 3.86. The lowest BCUT2D eigenvalue weighted by Crippen LogP contribution is -2.20. The molecule has 2 aromatic rings. The minimum atomic E-state index is -0.999. The van der Waals surface area contributed by atoms with Crippen LogP contribution in [0.15, 0.2) is 42.5 Å². The van der Waals surface area contributed by atoms with Crippen LogP contribution in [0.3, 0.4) is 0 Å². The number of carboxylic acid groups (broad SMARTS) is 1. The molecule has 2 aromatic carbocycles. The van der Waals surface area contributed by atoms with Crippen molar-refractivity contribution >= 4 is 23.4 Å². The Morgan fingerprint density at radius 2 is 1.62 bits per heavy atom. The Morgan fingerprint density at radius 1 is 0.952 bits per heavy atom. The summed E-state index contributed by atoms with van der Waals surface area (Å²) in [5, 5.41) is 14.2. The lowest BCUT2D eigenvalue weighted by Gasteiger charge is -2.10. The molecule has 0 saturated carbocycles. The summed E-state index contributed by atoms with van der Waals surface area (Å²) in [5.41, 5.74) is 3.48. The topological polar surface area (TPSA) is 78.4 Å². The molecule has 0 heterocycles. The molecule has 5 heteroatoms. The molecule has 0 spiro atoms. The Bertz CT molecular complexity index is 678. The Morgan fingerprint density at radius 3 is 2.24 bits per heavy atom. The number of carbonyl (C=O) groups is 2. The zero-order chi connectivity index (χ0) is 15.4. The van der Waals surface area contributed by atoms with Crippen molar-refractivity contribution in [2.45, 2.75) is 13.8 Å². The van der Waals surface area contributed by atoms with Gasteiger partial charge in [0.25, 0.3) is 0 Å². The number of aromatic carboxylic acids is 1. The molecule has 2 rings (SSSR count). The Hall–Kier alpha value is -2.82. The number of urea groups is 1. The summed E-state index contributed by atoms with van der Waals surface area (Å²) >= 11 is 0. The fraction of sp³-hybridized carbons (Fsp3) is 0.125. The minimum absolute atomic E-state index is 0.176. The third kappa shape index (κ3) is 3.82. The van der Waals surface area contributed by atoms with Crippen molar-refractivity contribution in [1.82, 2.24) is 0 Å². The number of carbonyl (C=O) groups excluding carboxylic acids is 1. The van der Waals surface area contributed by atoms with Crippen molar-refractivity contribution in [2.75, 3.05) is 10.6 Å². The van der Waals surface area contributed by atoms with E-state index in [1.165, 1.54) is 12.1 Å². The number of aryl methyl sites for hydroxylation is 2. The number of rotatable bonds is 3. The molecule has 0 bridgehead atoms. The molecule has 3 N–H and O–H groups in total. The Labute approximate surface area is 122 Å². The summed E-state index contributed by atoms with van der Waals surface area (Å²) in [6.07, 6.45) is 0. The Balaban J connectivity index is 2.04. The van der Waals surface area contributed by atoms with Crippen molar-refractivity contribution in [3.63, 3.8) is 0 Å². The average molecular weight is 284 g/mol. The standard InChI is InChI=1S/C16H16N2O3/c1-10-3-4-11(2)14(9-10)18-16(21)17-13-7-5-12(6-8-13)15(19)20/h3-9H,1-2H3,(H,19,20)(H2,17,18,21). The van der Waals surface area contributed by atoms with Gasteiger partial charge in [0.15, 0.2) is 0 Å². The van der Waals surface area contributed by atoms with Crippen LogP contribution in [0, 0.1) is 13.8 Å². The van der Waals surface area contributed by atoms with Crippen molar-refractivity contribution < 1.29 is 14.7 Å². The number of anilines is 2. The van der Waals surface area contributed by atoms with Gasteiger partial charge < -0.3 is 15.7 Å². The molecule has 0 aliphatic rings. The van der Waals surface area contributed by atoms with Gasteiger partial charge >= 0.3 is 12.0 Å². The fourth-order valence-electron chi connectivity index (χ4n) is 1.85. The van der Waals surface area contributed by atoms with Crippen LogP contribution in [-0.4, -0.2) is 17.1 Å². The van der Waals surface area contributed by atoms with E-state index in [1.54, 1.807) is 12.1 Å². The smallest absolute Gasteiger partial charge is 0.335 e. The zero-order valence-corrected chi connectivity index (χ0v) is 11.8. The first-order valence-corrected chi connectivity index (χ1v) is 6.44. The Kier molecular flexibility index (Phi) is 4.23. The molecule has 0 atom stereocenters. The molecule has 0 radical (unpaired) electrons. The van der Waals surface area contributed by atoms with Crippen LogP contribution in [0.2, 0.25) is 0 Å². The number of hydrogen-bond donors (Lipinski definition) is 3. The highest BCUT2D eigenvalue weighted by Gasteiger charge is 2.06. The van der Waals surface area contributed by atoms with Crippen LogP contribution in [0.25, 0.3) is 0 Å². The quantitative estimate of drug-likeness (QED) is 0.805. The van der Waals surface area contributed by atoms with Crippen molar-refractivity contribution in [2.24, 2.45) is 0 Å². The molecule has 0 saturated heterocycles. The monoisotopic (exact) mass is 284 g/mol. The summed E-state index contributed by atoms with van der Waals surface area (Å²) in [4.78, 5) is 22.7. The average Bonchev–Trinajstić information content (AvgIpc) is 2.43. The number of nitrogens with one attached hydrogen (secondary N) is 2. The second-order valence-electron chi connectivity index (χ2n) is 4.78. The van der Waals surface area contributed by atoms with E-state index in [0.717, 1.165) is 16.8 Å². The van der Waals surface area contributed by atoms with E-state index in [-0.39, 0.29) is 11.6 Å². The minimum Gasteiger partial charge on any atom is -0.478 e. The molecule has 5 nitrogen and oxygen atoms in total. The van der Waals surface area contributed by atoms with Gasteiger partial charge in [0, 0.05) is 11.4 Å². The first-order valence-electron chi connectivity index (χ1n) is 6.44. The molecule has 0 fully saturated rings. The number of hydrogen-bond acceptors (Lipinski definition) is 2. The summed E-state index contributed by atoms with van der Waals surface area (Å²) in [7, 11) is 0. The van der Waals surface area contributed by atoms with Crippen LogP contribution in [0.5, 0.6) is 0 Å². The van der Waals surface area contributed by atoms with E-state index in [1.807, 2.05) is 32.0 Å². The number of benzene rings is 2. The molecule has 2 amide bonds. The lowest BCUT2D eigenvalue weighted by atomic mass is 10.1. The predicted octanol–water partition coefficient (Wildman–Crippen LogP) is 3.65. The van der Waals surface area contributed by atoms with Gasteiger partial charge in [-0.1, -0.05) is 12.1 Å². The van der Waals surface area contributed by atoms with Crippen LogP contribution >= 0.6 is 0 Å². The maximum atomic E-state index is 11.9. The second kappa shape index (κ2) is 6.09. The fourth-order valence-corrected chi connectivity index (χ4v) is 1.85. The van der Waals surface area contributed by atoms with Gasteiger partial charge in [-0.05, 0) is 55.3 Å². The zero-order valence-electron chi connectivity index (χ0n) is 11.8. The summed E-state index contributed by atoms with van der Waals surface area (Å²) in [5.74, 6) is -0.999. The third-order valence-electron chi connectivity index (χ3n) is 3.03. The molecular formula is C16H16N2O3. The van der Waals surface area contributed by atoms with Crippen LogP contribution in [-0.2, 0) is 0 Å². The molecule has 21 heavy (non-hydrogen) atoms. The number of amides is 2. The van der Waals surface area contributed by atoms with Gasteiger partial charge in [-0.2, -0.15) is 0 Å². The van der Waals surface area contributed by atoms with Gasteiger partial charge in [0.05, 0.1) is 5.56 Å². The maximum absolute atomic E-state index is 11.9. The first kappa shape index (κ1) is 14.6. The predicted molar refractivity (Wildman–Crippen MR) is 82.0 cm³/mol. The SMILES string of the molecule is Cc1ccc(C)c(NC(=O)Nc2ccc(C(=O)O)cc2)c1. The third-order valence-corrected chi connectivity index (χ3v) is 3.03. The molecule has 108 valence electrons. The van der Waals surface area contributed by atoms with Gasteiger partial charge in [-0.15, -0.1) is 0 Å². The summed E-state index contributed by atoms with van der Waals surface area (Å²) in [6, 6.07) is 11.4. The van der Waals surface area contributed by atoms with Crippen LogP contribution in [0.1, 0.15) is 21.5 Å². The van der Waals surface area contributed by atoms with E-state index in [4.69, 9.17) is 5.11 Å². The van der Waals surface area contributed by atoms with Crippen LogP contribution < -0.4 is 10.6 Å². The maximum Gasteiger partial charge on any atom is 0.335 e. The highest BCUT2D eigenvalue weighted by molar-refractivity contribution is 6.00.